The molecule has 0 amide bonds. The van der Waals surface area contributed by atoms with E-state index in [1.807, 2.05) is 19.1 Å². The van der Waals surface area contributed by atoms with E-state index in [2.05, 4.69) is 9.46 Å². The third-order valence-corrected chi connectivity index (χ3v) is 5.10. The molecule has 0 radical (unpaired) electrons. The van der Waals surface area contributed by atoms with E-state index < -0.39 is 16.0 Å². The summed E-state index contributed by atoms with van der Waals surface area (Å²) in [5, 5.41) is 0. The lowest BCUT2D eigenvalue weighted by molar-refractivity contribution is 0.0601. The molecule has 2 aromatic rings. The van der Waals surface area contributed by atoms with E-state index in [9.17, 15) is 13.2 Å². The van der Waals surface area contributed by atoms with Crippen molar-refractivity contribution in [1.82, 2.24) is 0 Å². The molecule has 1 N–H and O–H groups in total. The van der Waals surface area contributed by atoms with Crippen LogP contribution in [-0.4, -0.2) is 21.5 Å². The molecule has 0 heterocycles. The molecule has 0 atom stereocenters. The summed E-state index contributed by atoms with van der Waals surface area (Å²) in [6.07, 6.45) is 0. The lowest BCUT2D eigenvalue weighted by atomic mass is 10.1. The van der Waals surface area contributed by atoms with Crippen LogP contribution in [0.25, 0.3) is 0 Å². The predicted octanol–water partition coefficient (Wildman–Crippen LogP) is 3.20. The Balaban J connectivity index is 2.42. The number of carbonyl (C=O) groups excluding carboxylic acids is 1. The molecule has 5 nitrogen and oxygen atoms in total. The van der Waals surface area contributed by atoms with E-state index in [1.54, 1.807) is 32.0 Å². The fourth-order valence-electron chi connectivity index (χ4n) is 2.62. The van der Waals surface area contributed by atoms with Gasteiger partial charge in [0.25, 0.3) is 10.0 Å². The van der Waals surface area contributed by atoms with Crippen LogP contribution in [0.3, 0.4) is 0 Å². The van der Waals surface area contributed by atoms with Crippen LogP contribution in [0, 0.1) is 20.8 Å². The molecule has 0 unspecified atom stereocenters. The molecule has 6 heteroatoms. The van der Waals surface area contributed by atoms with Crippen molar-refractivity contribution in [1.29, 1.82) is 0 Å². The van der Waals surface area contributed by atoms with Gasteiger partial charge in [-0.1, -0.05) is 23.8 Å². The van der Waals surface area contributed by atoms with E-state index in [0.29, 0.717) is 16.8 Å². The second-order valence-electron chi connectivity index (χ2n) is 5.41. The number of anilines is 1. The summed E-state index contributed by atoms with van der Waals surface area (Å²) in [7, 11) is -2.47. The van der Waals surface area contributed by atoms with Crippen molar-refractivity contribution >= 4 is 21.7 Å². The van der Waals surface area contributed by atoms with Gasteiger partial charge in [0, 0.05) is 5.69 Å². The van der Waals surface area contributed by atoms with E-state index in [4.69, 9.17) is 0 Å². The van der Waals surface area contributed by atoms with Crippen LogP contribution >= 0.6 is 0 Å². The van der Waals surface area contributed by atoms with Gasteiger partial charge in [0.2, 0.25) is 0 Å². The van der Waals surface area contributed by atoms with Gasteiger partial charge in [0.05, 0.1) is 17.6 Å². The number of sulfonamides is 1. The van der Waals surface area contributed by atoms with Crippen molar-refractivity contribution in [3.05, 3.63) is 58.7 Å². The zero-order valence-corrected chi connectivity index (χ0v) is 14.3. The van der Waals surface area contributed by atoms with E-state index in [0.717, 1.165) is 5.56 Å². The molecule has 23 heavy (non-hydrogen) atoms. The SMILES string of the molecule is COC(=O)c1cccc(NS(=O)(=O)c2c(C)cc(C)cc2C)c1. The zero-order chi connectivity index (χ0) is 17.2. The fraction of sp³-hybridized carbons (Fsp3) is 0.235. The molecule has 0 fully saturated rings. The number of nitrogens with one attached hydrogen (secondary N) is 1. The van der Waals surface area contributed by atoms with E-state index in [1.165, 1.54) is 13.2 Å². The van der Waals surface area contributed by atoms with Crippen molar-refractivity contribution in [3.63, 3.8) is 0 Å². The van der Waals surface area contributed by atoms with Crippen LogP contribution in [0.2, 0.25) is 0 Å². The lowest BCUT2D eigenvalue weighted by Crippen LogP contribution is -2.16. The minimum Gasteiger partial charge on any atom is -0.465 e. The molecule has 122 valence electrons. The van der Waals surface area contributed by atoms with Gasteiger partial charge in [-0.2, -0.15) is 0 Å². The van der Waals surface area contributed by atoms with Gasteiger partial charge in [0.1, 0.15) is 0 Å². The first kappa shape index (κ1) is 17.0. The zero-order valence-electron chi connectivity index (χ0n) is 13.5. The molecule has 0 aliphatic heterocycles. The van der Waals surface area contributed by atoms with Crippen molar-refractivity contribution in [3.8, 4) is 0 Å². The number of aryl methyl sites for hydroxylation is 3. The van der Waals surface area contributed by atoms with Crippen molar-refractivity contribution in [2.24, 2.45) is 0 Å². The maximum atomic E-state index is 12.7. The van der Waals surface area contributed by atoms with E-state index >= 15 is 0 Å². The highest BCUT2D eigenvalue weighted by Gasteiger charge is 2.20. The summed E-state index contributed by atoms with van der Waals surface area (Å²) in [4.78, 5) is 11.8. The standard InChI is InChI=1S/C17H19NO4S/c1-11-8-12(2)16(13(3)9-11)23(20,21)18-15-7-5-6-14(10-15)17(19)22-4/h5-10,18H,1-4H3. The molecule has 0 saturated carbocycles. The maximum absolute atomic E-state index is 12.7. The third-order valence-electron chi connectivity index (χ3n) is 3.41. The van der Waals surface area contributed by atoms with Crippen molar-refractivity contribution in [2.75, 3.05) is 11.8 Å². The summed E-state index contributed by atoms with van der Waals surface area (Å²) in [5.41, 5.74) is 2.96. The van der Waals surface area contributed by atoms with Gasteiger partial charge >= 0.3 is 5.97 Å². The monoisotopic (exact) mass is 333 g/mol. The summed E-state index contributed by atoms with van der Waals surface area (Å²) >= 11 is 0. The molecule has 0 aliphatic rings. The Kier molecular flexibility index (Phi) is 4.75. The minimum atomic E-state index is -3.74. The highest BCUT2D eigenvalue weighted by molar-refractivity contribution is 7.92. The second kappa shape index (κ2) is 6.42. The van der Waals surface area contributed by atoms with Crippen molar-refractivity contribution < 1.29 is 17.9 Å². The molecule has 0 aliphatic carbocycles. The maximum Gasteiger partial charge on any atom is 0.337 e. The number of ether oxygens (including phenoxy) is 1. The largest absolute Gasteiger partial charge is 0.465 e. The average molecular weight is 333 g/mol. The van der Waals surface area contributed by atoms with Crippen LogP contribution < -0.4 is 4.72 Å². The van der Waals surface area contributed by atoms with Crippen LogP contribution in [0.1, 0.15) is 27.0 Å². The molecule has 0 saturated heterocycles. The molecule has 0 bridgehead atoms. The topological polar surface area (TPSA) is 72.5 Å². The minimum absolute atomic E-state index is 0.256. The van der Waals surface area contributed by atoms with Crippen LogP contribution in [-0.2, 0) is 14.8 Å². The summed E-state index contributed by atoms with van der Waals surface area (Å²) in [6, 6.07) is 9.84. The summed E-state index contributed by atoms with van der Waals surface area (Å²) < 4.78 is 32.5. The van der Waals surface area contributed by atoms with E-state index in [-0.39, 0.29) is 10.5 Å². The average Bonchev–Trinajstić information content (AvgIpc) is 2.44. The number of methoxy groups -OCH3 is 1. The second-order valence-corrected chi connectivity index (χ2v) is 7.02. The summed E-state index contributed by atoms with van der Waals surface area (Å²) in [6.45, 7) is 5.45. The van der Waals surface area contributed by atoms with Gasteiger partial charge in [0.15, 0.2) is 0 Å². The Morgan fingerprint density at radius 1 is 1.04 bits per heavy atom. The number of benzene rings is 2. The first-order valence-electron chi connectivity index (χ1n) is 7.03. The van der Waals surface area contributed by atoms with Gasteiger partial charge < -0.3 is 4.74 Å². The number of rotatable bonds is 4. The van der Waals surface area contributed by atoms with Crippen LogP contribution in [0.5, 0.6) is 0 Å². The number of esters is 1. The van der Waals surface area contributed by atoms with Gasteiger partial charge in [-0.25, -0.2) is 13.2 Å². The van der Waals surface area contributed by atoms with Crippen molar-refractivity contribution in [2.45, 2.75) is 25.7 Å². The number of carbonyl (C=O) groups is 1. The molecule has 0 aromatic heterocycles. The lowest BCUT2D eigenvalue weighted by Gasteiger charge is -2.14. The Bertz CT molecular complexity index is 834. The molecule has 0 spiro atoms. The quantitative estimate of drug-likeness (QED) is 0.872. The van der Waals surface area contributed by atoms with Gasteiger partial charge in [-0.05, 0) is 50.1 Å². The molecule has 2 rings (SSSR count). The molecular formula is C17H19NO4S. The number of hydrogen-bond donors (Lipinski definition) is 1. The predicted molar refractivity (Wildman–Crippen MR) is 89.2 cm³/mol. The smallest absolute Gasteiger partial charge is 0.337 e. The number of hydrogen-bond acceptors (Lipinski definition) is 4. The molecular weight excluding hydrogens is 314 g/mol. The highest BCUT2D eigenvalue weighted by atomic mass is 32.2. The van der Waals surface area contributed by atoms with Crippen LogP contribution in [0.4, 0.5) is 5.69 Å². The third kappa shape index (κ3) is 3.71. The Labute approximate surface area is 136 Å². The Hall–Kier alpha value is -2.34. The summed E-state index contributed by atoms with van der Waals surface area (Å²) in [5.74, 6) is -0.520. The molecule has 2 aromatic carbocycles. The Morgan fingerprint density at radius 3 is 2.22 bits per heavy atom. The Morgan fingerprint density at radius 2 is 1.65 bits per heavy atom. The highest BCUT2D eigenvalue weighted by Crippen LogP contribution is 2.24. The first-order valence-corrected chi connectivity index (χ1v) is 8.52. The first-order chi connectivity index (χ1) is 10.7. The van der Waals surface area contributed by atoms with Gasteiger partial charge in [-0.15, -0.1) is 0 Å². The van der Waals surface area contributed by atoms with Gasteiger partial charge in [-0.3, -0.25) is 4.72 Å². The van der Waals surface area contributed by atoms with Crippen LogP contribution in [0.15, 0.2) is 41.3 Å². The normalized spacial score (nSPS) is 11.1. The fourth-order valence-corrected chi connectivity index (χ4v) is 4.13.